The van der Waals surface area contributed by atoms with E-state index in [0.717, 1.165) is 22.6 Å². The van der Waals surface area contributed by atoms with Crippen molar-refractivity contribution in [3.63, 3.8) is 0 Å². The van der Waals surface area contributed by atoms with Gasteiger partial charge in [-0.2, -0.15) is 0 Å². The maximum Gasteiger partial charge on any atom is 0.254 e. The number of thiophene rings is 1. The van der Waals surface area contributed by atoms with Crippen LogP contribution in [0.2, 0.25) is 0 Å². The number of hydrogen-bond acceptors (Lipinski definition) is 4. The van der Waals surface area contributed by atoms with Crippen LogP contribution >= 0.6 is 11.3 Å². The summed E-state index contributed by atoms with van der Waals surface area (Å²) in [6, 6.07) is 18.5. The van der Waals surface area contributed by atoms with Gasteiger partial charge in [0.2, 0.25) is 5.78 Å². The molecule has 3 aromatic rings. The lowest BCUT2D eigenvalue weighted by Gasteiger charge is -2.19. The van der Waals surface area contributed by atoms with E-state index in [-0.39, 0.29) is 11.7 Å². The van der Waals surface area contributed by atoms with Crippen molar-refractivity contribution in [1.29, 1.82) is 0 Å². The molecule has 0 N–H and O–H groups in total. The molecule has 0 saturated heterocycles. The fourth-order valence-corrected chi connectivity index (χ4v) is 4.00. The molecule has 0 fully saturated rings. The van der Waals surface area contributed by atoms with E-state index in [0.29, 0.717) is 29.2 Å². The highest BCUT2D eigenvalue weighted by atomic mass is 32.1. The molecule has 0 radical (unpaired) electrons. The van der Waals surface area contributed by atoms with Gasteiger partial charge in [-0.15, -0.1) is 11.3 Å². The van der Waals surface area contributed by atoms with Crippen LogP contribution in [0, 0.1) is 0 Å². The number of hydrogen-bond donors (Lipinski definition) is 0. The molecule has 1 aromatic heterocycles. The summed E-state index contributed by atoms with van der Waals surface area (Å²) in [5, 5.41) is 0. The van der Waals surface area contributed by atoms with E-state index in [4.69, 9.17) is 4.74 Å². The van der Waals surface area contributed by atoms with E-state index in [1.807, 2.05) is 43.3 Å². The van der Waals surface area contributed by atoms with Gasteiger partial charge in [-0.1, -0.05) is 37.3 Å². The van der Waals surface area contributed by atoms with E-state index in [1.165, 1.54) is 11.3 Å². The Hall–Kier alpha value is -2.92. The summed E-state index contributed by atoms with van der Waals surface area (Å²) in [5.74, 6) is 0.534. The number of amides is 1. The van der Waals surface area contributed by atoms with Crippen LogP contribution in [0.4, 0.5) is 0 Å². The topological polar surface area (TPSA) is 46.6 Å². The van der Waals surface area contributed by atoms with E-state index in [1.54, 1.807) is 36.2 Å². The molecule has 0 atom stereocenters. The van der Waals surface area contributed by atoms with Gasteiger partial charge in [0.1, 0.15) is 5.75 Å². The van der Waals surface area contributed by atoms with Crippen LogP contribution in [0.3, 0.4) is 0 Å². The van der Waals surface area contributed by atoms with Gasteiger partial charge in [0.05, 0.1) is 17.0 Å². The van der Waals surface area contributed by atoms with Crippen LogP contribution in [0.5, 0.6) is 5.75 Å². The van der Waals surface area contributed by atoms with Gasteiger partial charge in [-0.25, -0.2) is 0 Å². The van der Waals surface area contributed by atoms with Crippen molar-refractivity contribution in [3.8, 4) is 5.75 Å². The van der Waals surface area contributed by atoms with Crippen LogP contribution in [-0.2, 0) is 13.0 Å². The molecule has 5 heteroatoms. The Morgan fingerprint density at radius 2 is 1.62 bits per heavy atom. The molecule has 0 saturated carbocycles. The summed E-state index contributed by atoms with van der Waals surface area (Å²) < 4.78 is 5.46. The van der Waals surface area contributed by atoms with E-state index >= 15 is 0 Å². The fraction of sp³-hybridized carbons (Fsp3) is 0.250. The Balaban J connectivity index is 1.79. The minimum Gasteiger partial charge on any atom is -0.494 e. The molecule has 0 unspecified atom stereocenters. The number of carbonyl (C=O) groups excluding carboxylic acids is 2. The minimum atomic E-state index is -0.171. The normalized spacial score (nSPS) is 10.6. The molecule has 2 aromatic carbocycles. The van der Waals surface area contributed by atoms with Crippen molar-refractivity contribution < 1.29 is 14.3 Å². The zero-order valence-electron chi connectivity index (χ0n) is 17.0. The van der Waals surface area contributed by atoms with E-state index < -0.39 is 0 Å². The summed E-state index contributed by atoms with van der Waals surface area (Å²) in [6.45, 7) is 5.07. The molecular weight excluding hydrogens is 382 g/mol. The zero-order valence-corrected chi connectivity index (χ0v) is 17.8. The van der Waals surface area contributed by atoms with Gasteiger partial charge < -0.3 is 9.64 Å². The van der Waals surface area contributed by atoms with Gasteiger partial charge in [0.25, 0.3) is 5.91 Å². The highest BCUT2D eigenvalue weighted by Crippen LogP contribution is 2.23. The third kappa shape index (κ3) is 4.93. The first kappa shape index (κ1) is 20.8. The Labute approximate surface area is 175 Å². The van der Waals surface area contributed by atoms with Crippen LogP contribution < -0.4 is 4.74 Å². The molecule has 150 valence electrons. The highest BCUT2D eigenvalue weighted by Gasteiger charge is 2.21. The largest absolute Gasteiger partial charge is 0.494 e. The monoisotopic (exact) mass is 407 g/mol. The van der Waals surface area contributed by atoms with Crippen molar-refractivity contribution in [1.82, 2.24) is 4.90 Å². The van der Waals surface area contributed by atoms with Crippen molar-refractivity contribution in [2.45, 2.75) is 26.8 Å². The average Bonchev–Trinajstić information content (AvgIpc) is 3.23. The molecule has 4 nitrogen and oxygen atoms in total. The molecule has 0 aliphatic carbocycles. The minimum absolute atomic E-state index is 0.104. The molecule has 29 heavy (non-hydrogen) atoms. The van der Waals surface area contributed by atoms with Gasteiger partial charge in [0, 0.05) is 24.0 Å². The molecule has 3 rings (SSSR count). The van der Waals surface area contributed by atoms with Crippen molar-refractivity contribution >= 4 is 23.0 Å². The molecule has 1 amide bonds. The maximum absolute atomic E-state index is 13.1. The van der Waals surface area contributed by atoms with Gasteiger partial charge in [-0.05, 0) is 49.2 Å². The Kier molecular flexibility index (Phi) is 6.83. The summed E-state index contributed by atoms with van der Waals surface area (Å²) in [6.07, 6.45) is 0.892. The predicted molar refractivity (Wildman–Crippen MR) is 117 cm³/mol. The lowest BCUT2D eigenvalue weighted by Crippen LogP contribution is -2.27. The number of aryl methyl sites for hydroxylation is 1. The van der Waals surface area contributed by atoms with Gasteiger partial charge in [0.15, 0.2) is 0 Å². The van der Waals surface area contributed by atoms with Crippen LogP contribution in [0.1, 0.15) is 49.9 Å². The smallest absolute Gasteiger partial charge is 0.254 e. The summed E-state index contributed by atoms with van der Waals surface area (Å²) in [7, 11) is 1.75. The lowest BCUT2D eigenvalue weighted by molar-refractivity contribution is 0.0780. The number of ether oxygens (including phenoxy) is 1. The number of rotatable bonds is 8. The van der Waals surface area contributed by atoms with Gasteiger partial charge >= 0.3 is 0 Å². The molecular formula is C24H25NO3S. The number of benzene rings is 2. The van der Waals surface area contributed by atoms with E-state index in [9.17, 15) is 9.59 Å². The standard InChI is InChI=1S/C24H25NO3S/c1-4-19-14-15-22(29-19)23(26)20-8-6-7-9-21(20)24(27)25(3)16-17-10-12-18(13-11-17)28-5-2/h6-15H,4-5,16H2,1-3H3. The second kappa shape index (κ2) is 9.52. The second-order valence-electron chi connectivity index (χ2n) is 6.73. The number of ketones is 1. The first-order valence-corrected chi connectivity index (χ1v) is 10.5. The fourth-order valence-electron chi connectivity index (χ4n) is 3.10. The van der Waals surface area contributed by atoms with Crippen LogP contribution in [0.25, 0.3) is 0 Å². The Morgan fingerprint density at radius 1 is 0.931 bits per heavy atom. The van der Waals surface area contributed by atoms with Crippen molar-refractivity contribution in [2.24, 2.45) is 0 Å². The third-order valence-corrected chi connectivity index (χ3v) is 5.87. The summed E-state index contributed by atoms with van der Waals surface area (Å²) in [5.41, 5.74) is 1.87. The summed E-state index contributed by atoms with van der Waals surface area (Å²) >= 11 is 1.49. The molecule has 0 bridgehead atoms. The number of carbonyl (C=O) groups is 2. The lowest BCUT2D eigenvalue weighted by atomic mass is 10.0. The third-order valence-electron chi connectivity index (χ3n) is 4.64. The van der Waals surface area contributed by atoms with E-state index in [2.05, 4.69) is 6.92 Å². The molecule has 1 heterocycles. The highest BCUT2D eigenvalue weighted by molar-refractivity contribution is 7.14. The maximum atomic E-state index is 13.1. The zero-order chi connectivity index (χ0) is 20.8. The first-order chi connectivity index (χ1) is 14.0. The first-order valence-electron chi connectivity index (χ1n) is 9.73. The quantitative estimate of drug-likeness (QED) is 0.482. The van der Waals surface area contributed by atoms with Crippen LogP contribution in [-0.4, -0.2) is 30.2 Å². The second-order valence-corrected chi connectivity index (χ2v) is 7.90. The average molecular weight is 408 g/mol. The van der Waals surface area contributed by atoms with Crippen molar-refractivity contribution in [2.75, 3.05) is 13.7 Å². The Morgan fingerprint density at radius 3 is 2.24 bits per heavy atom. The molecule has 0 aliphatic rings. The Bertz CT molecular complexity index is 991. The summed E-state index contributed by atoms with van der Waals surface area (Å²) in [4.78, 5) is 29.5. The van der Waals surface area contributed by atoms with Gasteiger partial charge in [-0.3, -0.25) is 9.59 Å². The molecule has 0 spiro atoms. The van der Waals surface area contributed by atoms with Crippen molar-refractivity contribution in [3.05, 3.63) is 87.1 Å². The van der Waals surface area contributed by atoms with Crippen LogP contribution in [0.15, 0.2) is 60.7 Å². The predicted octanol–water partition coefficient (Wildman–Crippen LogP) is 5.21. The molecule has 0 aliphatic heterocycles. The SMILES string of the molecule is CCOc1ccc(CN(C)C(=O)c2ccccc2C(=O)c2ccc(CC)s2)cc1. The number of nitrogens with zero attached hydrogens (tertiary/aromatic N) is 1.